The van der Waals surface area contributed by atoms with Gasteiger partial charge in [0.2, 0.25) is 17.8 Å². The number of hydrogen-bond acceptors (Lipinski definition) is 7. The second-order valence-electron chi connectivity index (χ2n) is 10.3. The van der Waals surface area contributed by atoms with E-state index in [4.69, 9.17) is 10.1 Å². The molecule has 1 atom stereocenters. The quantitative estimate of drug-likeness (QED) is 0.214. The first-order valence-electron chi connectivity index (χ1n) is 13.6. The summed E-state index contributed by atoms with van der Waals surface area (Å²) in [4.78, 5) is 21.3. The van der Waals surface area contributed by atoms with Crippen LogP contribution in [0.1, 0.15) is 48.9 Å². The van der Waals surface area contributed by atoms with Gasteiger partial charge >= 0.3 is 6.18 Å². The third-order valence-corrected chi connectivity index (χ3v) is 7.23. The minimum absolute atomic E-state index is 0.0133. The number of rotatable bonds is 9. The summed E-state index contributed by atoms with van der Waals surface area (Å²) in [6.07, 6.45) is -5.61. The zero-order valence-electron chi connectivity index (χ0n) is 23.4. The van der Waals surface area contributed by atoms with Crippen LogP contribution in [0.5, 0.6) is 5.88 Å². The van der Waals surface area contributed by atoms with Crippen LogP contribution in [0.3, 0.4) is 0 Å². The Morgan fingerprint density at radius 2 is 1.77 bits per heavy atom. The van der Waals surface area contributed by atoms with E-state index in [1.54, 1.807) is 31.2 Å². The van der Waals surface area contributed by atoms with Gasteiger partial charge in [0.15, 0.2) is 17.2 Å². The first-order chi connectivity index (χ1) is 21.0. The van der Waals surface area contributed by atoms with E-state index in [0.717, 1.165) is 19.0 Å². The van der Waals surface area contributed by atoms with Gasteiger partial charge in [0.1, 0.15) is 23.2 Å². The molecule has 1 aromatic carbocycles. The van der Waals surface area contributed by atoms with Crippen molar-refractivity contribution in [2.24, 2.45) is 7.05 Å². The molecule has 1 aliphatic carbocycles. The fraction of sp³-hybridized carbons (Fsp3) is 0.357. The highest BCUT2D eigenvalue weighted by atomic mass is 19.4. The number of ether oxygens (including phenoxy) is 1. The predicted octanol–water partition coefficient (Wildman–Crippen LogP) is 5.65. The second kappa shape index (κ2) is 11.1. The first-order valence-corrected chi connectivity index (χ1v) is 13.6. The molecule has 0 aliphatic heterocycles. The highest BCUT2D eigenvalue weighted by Crippen LogP contribution is 2.45. The molecule has 44 heavy (non-hydrogen) atoms. The van der Waals surface area contributed by atoms with Crippen molar-refractivity contribution < 1.29 is 31.1 Å². The normalized spacial score (nSPS) is 14.5. The molecule has 1 unspecified atom stereocenters. The lowest BCUT2D eigenvalue weighted by Gasteiger charge is -2.12. The Bertz CT molecular complexity index is 1890. The van der Waals surface area contributed by atoms with Crippen LogP contribution < -0.4 is 10.4 Å². The molecule has 4 aromatic heterocycles. The standard InChI is InChI=1S/C28H25F6N9O/c1-3-44-26-19(20(15-8-9-15)37-13-38-26)23-36-10-17-25(40-23)42(27(35)43(17)22(31)21(29)30)11-14-4-6-16(7-5-14)24-39-18(12-41(24)2)28(32,33)34/h4-7,10,12-13,15,21-22,35H,3,8-9,11H2,1-2H3. The van der Waals surface area contributed by atoms with Crippen molar-refractivity contribution in [3.63, 3.8) is 0 Å². The van der Waals surface area contributed by atoms with Crippen molar-refractivity contribution in [1.82, 2.24) is 38.6 Å². The van der Waals surface area contributed by atoms with Crippen molar-refractivity contribution in [2.75, 3.05) is 6.61 Å². The number of alkyl halides is 6. The van der Waals surface area contributed by atoms with Crippen LogP contribution >= 0.6 is 0 Å². The number of nitrogens with one attached hydrogen (secondary N) is 1. The number of aromatic nitrogens is 8. The average Bonchev–Trinajstić information content (AvgIpc) is 3.70. The van der Waals surface area contributed by atoms with E-state index < -0.39 is 30.2 Å². The summed E-state index contributed by atoms with van der Waals surface area (Å²) in [5, 5.41) is 8.63. The zero-order chi connectivity index (χ0) is 31.3. The third-order valence-electron chi connectivity index (χ3n) is 7.23. The molecule has 0 bridgehead atoms. The highest BCUT2D eigenvalue weighted by molar-refractivity contribution is 5.76. The van der Waals surface area contributed by atoms with Crippen molar-refractivity contribution in [1.29, 1.82) is 5.41 Å². The largest absolute Gasteiger partial charge is 0.477 e. The van der Waals surface area contributed by atoms with E-state index in [1.165, 1.54) is 28.7 Å². The Morgan fingerprint density at radius 1 is 1.05 bits per heavy atom. The van der Waals surface area contributed by atoms with Crippen LogP contribution in [0.2, 0.25) is 0 Å². The number of benzene rings is 1. The van der Waals surface area contributed by atoms with Crippen molar-refractivity contribution in [3.8, 4) is 28.7 Å². The molecule has 0 spiro atoms. The molecule has 6 rings (SSSR count). The Morgan fingerprint density at radius 3 is 2.39 bits per heavy atom. The van der Waals surface area contributed by atoms with Crippen LogP contribution in [0.4, 0.5) is 26.3 Å². The molecule has 10 nitrogen and oxygen atoms in total. The molecule has 230 valence electrons. The maximum absolute atomic E-state index is 14.8. The summed E-state index contributed by atoms with van der Waals surface area (Å²) in [6, 6.07) is 6.30. The van der Waals surface area contributed by atoms with Crippen LogP contribution in [-0.2, 0) is 19.8 Å². The monoisotopic (exact) mass is 617 g/mol. The highest BCUT2D eigenvalue weighted by Gasteiger charge is 2.35. The lowest BCUT2D eigenvalue weighted by molar-refractivity contribution is -0.140. The second-order valence-corrected chi connectivity index (χ2v) is 10.3. The fourth-order valence-electron chi connectivity index (χ4n) is 5.03. The lowest BCUT2D eigenvalue weighted by Crippen LogP contribution is -2.29. The van der Waals surface area contributed by atoms with E-state index in [0.29, 0.717) is 33.6 Å². The minimum Gasteiger partial charge on any atom is -0.477 e. The number of fused-ring (bicyclic) bond motifs is 1. The predicted molar refractivity (Wildman–Crippen MR) is 144 cm³/mol. The fourth-order valence-corrected chi connectivity index (χ4v) is 5.03. The van der Waals surface area contributed by atoms with Crippen molar-refractivity contribution in [3.05, 3.63) is 65.6 Å². The summed E-state index contributed by atoms with van der Waals surface area (Å²) in [5.74, 6) is 0.613. The van der Waals surface area contributed by atoms with Gasteiger partial charge in [-0.1, -0.05) is 24.3 Å². The van der Waals surface area contributed by atoms with E-state index in [2.05, 4.69) is 24.9 Å². The number of imidazole rings is 2. The van der Waals surface area contributed by atoms with Gasteiger partial charge in [0.25, 0.3) is 6.43 Å². The molecule has 0 radical (unpaired) electrons. The van der Waals surface area contributed by atoms with Gasteiger partial charge < -0.3 is 9.30 Å². The van der Waals surface area contributed by atoms with Gasteiger partial charge in [-0.05, 0) is 25.3 Å². The van der Waals surface area contributed by atoms with Gasteiger partial charge in [-0.2, -0.15) is 13.2 Å². The molecular weight excluding hydrogens is 592 g/mol. The molecule has 16 heteroatoms. The van der Waals surface area contributed by atoms with E-state index in [1.807, 2.05) is 0 Å². The Hall–Kier alpha value is -4.76. The maximum atomic E-state index is 14.8. The molecule has 1 fully saturated rings. The molecule has 0 amide bonds. The Labute approximate surface area is 245 Å². The maximum Gasteiger partial charge on any atom is 0.434 e. The summed E-state index contributed by atoms with van der Waals surface area (Å²) < 4.78 is 90.1. The Balaban J connectivity index is 1.44. The summed E-state index contributed by atoms with van der Waals surface area (Å²) in [6.45, 7) is 1.99. The summed E-state index contributed by atoms with van der Waals surface area (Å²) in [5.41, 5.74) is 0.328. The third kappa shape index (κ3) is 5.28. The smallest absolute Gasteiger partial charge is 0.434 e. The Kier molecular flexibility index (Phi) is 7.37. The van der Waals surface area contributed by atoms with Gasteiger partial charge in [-0.25, -0.2) is 38.1 Å². The molecule has 4 heterocycles. The van der Waals surface area contributed by atoms with Gasteiger partial charge in [0.05, 0.1) is 25.0 Å². The number of aryl methyl sites for hydroxylation is 1. The summed E-state index contributed by atoms with van der Waals surface area (Å²) in [7, 11) is 1.44. The minimum atomic E-state index is -4.60. The van der Waals surface area contributed by atoms with Gasteiger partial charge in [0, 0.05) is 24.7 Å². The molecular formula is C28H25F6N9O. The van der Waals surface area contributed by atoms with Gasteiger partial charge in [-0.15, -0.1) is 0 Å². The van der Waals surface area contributed by atoms with Gasteiger partial charge in [-0.3, -0.25) is 14.5 Å². The molecule has 1 aliphatic rings. The van der Waals surface area contributed by atoms with Crippen molar-refractivity contribution >= 4 is 11.2 Å². The van der Waals surface area contributed by atoms with E-state index in [9.17, 15) is 26.3 Å². The molecule has 1 saturated carbocycles. The summed E-state index contributed by atoms with van der Waals surface area (Å²) >= 11 is 0. The van der Waals surface area contributed by atoms with E-state index >= 15 is 0 Å². The van der Waals surface area contributed by atoms with Crippen molar-refractivity contribution in [2.45, 2.75) is 51.1 Å². The number of halogens is 6. The average molecular weight is 618 g/mol. The van der Waals surface area contributed by atoms with E-state index in [-0.39, 0.29) is 41.2 Å². The van der Waals surface area contributed by atoms with Crippen LogP contribution in [0.15, 0.2) is 43.0 Å². The first kappa shape index (κ1) is 29.3. The van der Waals surface area contributed by atoms with Crippen LogP contribution in [0.25, 0.3) is 33.9 Å². The zero-order valence-corrected chi connectivity index (χ0v) is 23.4. The van der Waals surface area contributed by atoms with Crippen LogP contribution in [-0.4, -0.2) is 51.7 Å². The molecule has 5 aromatic rings. The molecule has 1 N–H and O–H groups in total. The number of nitrogens with zero attached hydrogens (tertiary/aromatic N) is 8. The topological polar surface area (TPSA) is 112 Å². The SMILES string of the molecule is CCOc1ncnc(C2CC2)c1-c1ncc2c(n1)n(Cc1ccc(-c3nc(C(F)(F)F)cn3C)cc1)c(=N)n2C(F)C(F)F. The molecule has 0 saturated heterocycles. The lowest BCUT2D eigenvalue weighted by atomic mass is 10.1. The number of hydrogen-bond donors (Lipinski definition) is 1. The van der Waals surface area contributed by atoms with Crippen LogP contribution in [0, 0.1) is 5.41 Å².